The van der Waals surface area contributed by atoms with Crippen molar-refractivity contribution in [3.63, 3.8) is 0 Å². The number of benzene rings is 2. The highest BCUT2D eigenvalue weighted by molar-refractivity contribution is 8.13. The summed E-state index contributed by atoms with van der Waals surface area (Å²) in [6.45, 7) is 1.35. The van der Waals surface area contributed by atoms with Crippen molar-refractivity contribution in [2.75, 3.05) is 13.1 Å². The van der Waals surface area contributed by atoms with Crippen LogP contribution in [-0.2, 0) is 17.0 Å². The summed E-state index contributed by atoms with van der Waals surface area (Å²) in [7, 11) is 0. The summed E-state index contributed by atoms with van der Waals surface area (Å²) in [5, 5.41) is 1.54. The molecule has 2 aromatic rings. The third-order valence-corrected chi connectivity index (χ3v) is 4.88. The van der Waals surface area contributed by atoms with Crippen LogP contribution in [0.25, 0.3) is 0 Å². The first-order valence-corrected chi connectivity index (χ1v) is 8.85. The van der Waals surface area contributed by atoms with Crippen molar-refractivity contribution in [2.24, 2.45) is 4.99 Å². The van der Waals surface area contributed by atoms with Crippen molar-refractivity contribution in [1.29, 1.82) is 0 Å². The lowest BCUT2D eigenvalue weighted by atomic mass is 10.1. The molecule has 0 saturated carbocycles. The standard InChI is InChI=1S/C18H17ClN2OS/c19-16-8-4-7-15(11-16)13-23-18-20-9-10-21(18)17(22)12-14-5-2-1-3-6-14/h1-8,11H,9-10,12-13H2. The SMILES string of the molecule is O=C(Cc1ccccc1)N1CCN=C1SCc1cccc(Cl)c1. The summed E-state index contributed by atoms with van der Waals surface area (Å²) in [4.78, 5) is 18.8. The van der Waals surface area contributed by atoms with E-state index in [1.807, 2.05) is 54.6 Å². The number of nitrogens with zero attached hydrogens (tertiary/aromatic N) is 2. The monoisotopic (exact) mass is 344 g/mol. The quantitative estimate of drug-likeness (QED) is 0.839. The fourth-order valence-corrected chi connectivity index (χ4v) is 3.64. The maximum absolute atomic E-state index is 12.5. The second-order valence-electron chi connectivity index (χ2n) is 5.29. The molecule has 0 saturated heterocycles. The van der Waals surface area contributed by atoms with E-state index in [0.717, 1.165) is 27.1 Å². The molecule has 23 heavy (non-hydrogen) atoms. The van der Waals surface area contributed by atoms with Gasteiger partial charge in [-0.3, -0.25) is 14.7 Å². The van der Waals surface area contributed by atoms with E-state index in [4.69, 9.17) is 11.6 Å². The van der Waals surface area contributed by atoms with E-state index in [9.17, 15) is 4.79 Å². The Kier molecular flexibility index (Phi) is 5.36. The van der Waals surface area contributed by atoms with Crippen LogP contribution in [-0.4, -0.2) is 29.1 Å². The summed E-state index contributed by atoms with van der Waals surface area (Å²) < 4.78 is 0. The van der Waals surface area contributed by atoms with Gasteiger partial charge in [-0.2, -0.15) is 0 Å². The molecule has 0 atom stereocenters. The normalized spacial score (nSPS) is 14.0. The fourth-order valence-electron chi connectivity index (χ4n) is 2.42. The molecule has 0 aliphatic carbocycles. The molecule has 2 aromatic carbocycles. The summed E-state index contributed by atoms with van der Waals surface area (Å²) in [5.41, 5.74) is 2.16. The highest BCUT2D eigenvalue weighted by atomic mass is 35.5. The number of carbonyl (C=O) groups is 1. The smallest absolute Gasteiger partial charge is 0.233 e. The Bertz CT molecular complexity index is 718. The Morgan fingerprint density at radius 3 is 2.70 bits per heavy atom. The maximum Gasteiger partial charge on any atom is 0.233 e. The lowest BCUT2D eigenvalue weighted by Gasteiger charge is -2.18. The predicted octanol–water partition coefficient (Wildman–Crippen LogP) is 4.01. The van der Waals surface area contributed by atoms with Crippen LogP contribution in [0.3, 0.4) is 0 Å². The average Bonchev–Trinajstić information content (AvgIpc) is 3.03. The molecular formula is C18H17ClN2OS. The van der Waals surface area contributed by atoms with Crippen molar-refractivity contribution in [3.05, 3.63) is 70.7 Å². The zero-order chi connectivity index (χ0) is 16.1. The molecule has 0 radical (unpaired) electrons. The number of amidine groups is 1. The third kappa shape index (κ3) is 4.36. The molecule has 0 N–H and O–H groups in total. The highest BCUT2D eigenvalue weighted by Crippen LogP contribution is 2.22. The van der Waals surface area contributed by atoms with Gasteiger partial charge in [-0.15, -0.1) is 0 Å². The molecule has 3 nitrogen and oxygen atoms in total. The molecule has 0 fully saturated rings. The topological polar surface area (TPSA) is 32.7 Å². The van der Waals surface area contributed by atoms with Crippen molar-refractivity contribution in [2.45, 2.75) is 12.2 Å². The molecule has 5 heteroatoms. The van der Waals surface area contributed by atoms with E-state index in [0.29, 0.717) is 19.5 Å². The van der Waals surface area contributed by atoms with Gasteiger partial charge in [0.15, 0.2) is 5.17 Å². The number of carbonyl (C=O) groups excluding carboxylic acids is 1. The second-order valence-corrected chi connectivity index (χ2v) is 6.67. The summed E-state index contributed by atoms with van der Waals surface area (Å²) in [6, 6.07) is 17.6. The number of halogens is 1. The molecule has 1 amide bonds. The van der Waals surface area contributed by atoms with Crippen molar-refractivity contribution in [3.8, 4) is 0 Å². The molecule has 1 heterocycles. The first-order valence-electron chi connectivity index (χ1n) is 7.48. The summed E-state index contributed by atoms with van der Waals surface area (Å²) in [6.07, 6.45) is 0.414. The van der Waals surface area contributed by atoms with E-state index in [1.165, 1.54) is 0 Å². The summed E-state index contributed by atoms with van der Waals surface area (Å²) in [5.74, 6) is 0.861. The van der Waals surface area contributed by atoms with Gasteiger partial charge in [-0.1, -0.05) is 65.8 Å². The third-order valence-electron chi connectivity index (χ3n) is 3.56. The minimum Gasteiger partial charge on any atom is -0.289 e. The molecular weight excluding hydrogens is 328 g/mol. The van der Waals surface area contributed by atoms with E-state index < -0.39 is 0 Å². The molecule has 0 bridgehead atoms. The summed E-state index contributed by atoms with van der Waals surface area (Å²) >= 11 is 7.59. The molecule has 0 unspecified atom stereocenters. The van der Waals surface area contributed by atoms with Gasteiger partial charge in [0.25, 0.3) is 0 Å². The van der Waals surface area contributed by atoms with Crippen LogP contribution in [0.5, 0.6) is 0 Å². The van der Waals surface area contributed by atoms with Gasteiger partial charge in [0.1, 0.15) is 0 Å². The molecule has 3 rings (SSSR count). The molecule has 0 spiro atoms. The Morgan fingerprint density at radius 1 is 1.13 bits per heavy atom. The molecule has 1 aliphatic heterocycles. The Morgan fingerprint density at radius 2 is 1.91 bits per heavy atom. The van der Waals surface area contributed by atoms with E-state index in [2.05, 4.69) is 4.99 Å². The van der Waals surface area contributed by atoms with Crippen LogP contribution < -0.4 is 0 Å². The van der Waals surface area contributed by atoms with Gasteiger partial charge in [0.2, 0.25) is 5.91 Å². The number of hydrogen-bond donors (Lipinski definition) is 0. The van der Waals surface area contributed by atoms with E-state index in [-0.39, 0.29) is 5.91 Å². The number of amides is 1. The number of aliphatic imine (C=N–C) groups is 1. The lowest BCUT2D eigenvalue weighted by molar-refractivity contribution is -0.126. The van der Waals surface area contributed by atoms with Crippen molar-refractivity contribution < 1.29 is 4.79 Å². The largest absolute Gasteiger partial charge is 0.289 e. The van der Waals surface area contributed by atoms with Crippen LogP contribution in [0, 0.1) is 0 Å². The van der Waals surface area contributed by atoms with Gasteiger partial charge >= 0.3 is 0 Å². The Labute approximate surface area is 145 Å². The van der Waals surface area contributed by atoms with Crippen molar-refractivity contribution in [1.82, 2.24) is 4.90 Å². The van der Waals surface area contributed by atoms with Crippen molar-refractivity contribution >= 4 is 34.4 Å². The van der Waals surface area contributed by atoms with Gasteiger partial charge in [-0.25, -0.2) is 0 Å². The highest BCUT2D eigenvalue weighted by Gasteiger charge is 2.23. The second kappa shape index (κ2) is 7.66. The fraction of sp³-hybridized carbons (Fsp3) is 0.222. The molecule has 0 aromatic heterocycles. The van der Waals surface area contributed by atoms with Gasteiger partial charge in [0.05, 0.1) is 13.0 Å². The van der Waals surface area contributed by atoms with Gasteiger partial charge in [-0.05, 0) is 23.3 Å². The first kappa shape index (κ1) is 16.1. The molecule has 1 aliphatic rings. The minimum absolute atomic E-state index is 0.103. The van der Waals surface area contributed by atoms with Crippen LogP contribution >= 0.6 is 23.4 Å². The zero-order valence-corrected chi connectivity index (χ0v) is 14.2. The Hall–Kier alpha value is -1.78. The van der Waals surface area contributed by atoms with Crippen LogP contribution in [0.2, 0.25) is 5.02 Å². The zero-order valence-electron chi connectivity index (χ0n) is 12.6. The number of rotatable bonds is 4. The maximum atomic E-state index is 12.5. The first-order chi connectivity index (χ1) is 11.2. The number of thioether (sulfide) groups is 1. The number of hydrogen-bond acceptors (Lipinski definition) is 3. The Balaban J connectivity index is 1.60. The average molecular weight is 345 g/mol. The minimum atomic E-state index is 0.103. The van der Waals surface area contributed by atoms with Gasteiger partial charge in [0, 0.05) is 17.3 Å². The van der Waals surface area contributed by atoms with Crippen LogP contribution in [0.4, 0.5) is 0 Å². The van der Waals surface area contributed by atoms with E-state index >= 15 is 0 Å². The lowest BCUT2D eigenvalue weighted by Crippen LogP contribution is -2.34. The van der Waals surface area contributed by atoms with Gasteiger partial charge < -0.3 is 0 Å². The van der Waals surface area contributed by atoms with Crippen LogP contribution in [0.1, 0.15) is 11.1 Å². The predicted molar refractivity (Wildman–Crippen MR) is 96.9 cm³/mol. The molecule has 118 valence electrons. The van der Waals surface area contributed by atoms with Crippen LogP contribution in [0.15, 0.2) is 59.6 Å². The van der Waals surface area contributed by atoms with E-state index in [1.54, 1.807) is 16.7 Å².